The highest BCUT2D eigenvalue weighted by atomic mass is 19.1. The Morgan fingerprint density at radius 3 is 2.56 bits per heavy atom. The van der Waals surface area contributed by atoms with Crippen LogP contribution in [0.1, 0.15) is 24.0 Å². The number of carbonyl (C=O) groups is 1. The van der Waals surface area contributed by atoms with E-state index < -0.39 is 0 Å². The second kappa shape index (κ2) is 5.54. The lowest BCUT2D eigenvalue weighted by atomic mass is 9.93. The molecule has 2 rings (SSSR count). The molecule has 0 spiro atoms. The molecule has 1 atom stereocenters. The Labute approximate surface area is 105 Å². The molecule has 3 heteroatoms. The summed E-state index contributed by atoms with van der Waals surface area (Å²) in [6, 6.07) is 10.00. The first-order valence-corrected chi connectivity index (χ1v) is 5.84. The van der Waals surface area contributed by atoms with Crippen LogP contribution in [0.5, 0.6) is 0 Å². The summed E-state index contributed by atoms with van der Waals surface area (Å²) >= 11 is 0. The molecule has 0 saturated heterocycles. The van der Waals surface area contributed by atoms with E-state index in [1.165, 1.54) is 6.07 Å². The fourth-order valence-corrected chi connectivity index (χ4v) is 1.82. The van der Waals surface area contributed by atoms with Crippen molar-refractivity contribution < 1.29 is 9.18 Å². The number of aromatic nitrogens is 1. The fraction of sp³-hybridized carbons (Fsp3) is 0.200. The van der Waals surface area contributed by atoms with Crippen molar-refractivity contribution in [3.05, 3.63) is 65.7 Å². The van der Waals surface area contributed by atoms with Crippen LogP contribution in [0.4, 0.5) is 4.39 Å². The van der Waals surface area contributed by atoms with Crippen molar-refractivity contribution in [3.8, 4) is 0 Å². The van der Waals surface area contributed by atoms with Gasteiger partial charge in [0.25, 0.3) is 0 Å². The van der Waals surface area contributed by atoms with Crippen LogP contribution in [-0.4, -0.2) is 10.8 Å². The summed E-state index contributed by atoms with van der Waals surface area (Å²) in [6.07, 6.45) is 3.43. The van der Waals surface area contributed by atoms with Gasteiger partial charge in [-0.1, -0.05) is 25.1 Å². The Morgan fingerprint density at radius 2 is 1.89 bits per heavy atom. The van der Waals surface area contributed by atoms with E-state index in [1.807, 2.05) is 19.1 Å². The van der Waals surface area contributed by atoms with Crippen molar-refractivity contribution in [1.82, 2.24) is 4.98 Å². The van der Waals surface area contributed by atoms with E-state index in [9.17, 15) is 9.18 Å². The van der Waals surface area contributed by atoms with Gasteiger partial charge in [0.2, 0.25) is 0 Å². The van der Waals surface area contributed by atoms with Crippen molar-refractivity contribution in [2.75, 3.05) is 0 Å². The van der Waals surface area contributed by atoms with Crippen LogP contribution in [0.15, 0.2) is 48.8 Å². The molecule has 0 aliphatic rings. The monoisotopic (exact) mass is 243 g/mol. The molecule has 1 heterocycles. The van der Waals surface area contributed by atoms with Gasteiger partial charge in [-0.15, -0.1) is 0 Å². The molecule has 1 aromatic heterocycles. The zero-order chi connectivity index (χ0) is 13.0. The summed E-state index contributed by atoms with van der Waals surface area (Å²) in [4.78, 5) is 16.0. The second-order valence-corrected chi connectivity index (χ2v) is 4.24. The van der Waals surface area contributed by atoms with Gasteiger partial charge in [0.1, 0.15) is 11.6 Å². The lowest BCUT2D eigenvalue weighted by Crippen LogP contribution is -2.13. The topological polar surface area (TPSA) is 30.0 Å². The average molecular weight is 243 g/mol. The largest absolute Gasteiger partial charge is 0.299 e. The highest BCUT2D eigenvalue weighted by molar-refractivity contribution is 5.87. The van der Waals surface area contributed by atoms with Gasteiger partial charge in [0.05, 0.1) is 0 Å². The van der Waals surface area contributed by atoms with Gasteiger partial charge in [-0.25, -0.2) is 4.39 Å². The minimum atomic E-state index is -0.326. The van der Waals surface area contributed by atoms with Crippen LogP contribution in [0.25, 0.3) is 0 Å². The molecule has 0 aliphatic carbocycles. The predicted octanol–water partition coefficient (Wildman–Crippen LogP) is 3.14. The number of pyridine rings is 1. The molecule has 0 radical (unpaired) electrons. The summed E-state index contributed by atoms with van der Waals surface area (Å²) < 4.78 is 13.5. The standard InChI is InChI=1S/C15H14FNO/c1-11(12-6-8-17-9-7-12)15(18)10-13-4-2-3-5-14(13)16/h2-9,11H,10H2,1H3. The van der Waals surface area contributed by atoms with Crippen molar-refractivity contribution in [3.63, 3.8) is 0 Å². The third kappa shape index (κ3) is 2.80. The van der Waals surface area contributed by atoms with E-state index in [1.54, 1.807) is 30.6 Å². The molecule has 2 aromatic rings. The number of nitrogens with zero attached hydrogens (tertiary/aromatic N) is 1. The van der Waals surface area contributed by atoms with E-state index in [0.717, 1.165) is 5.56 Å². The highest BCUT2D eigenvalue weighted by Crippen LogP contribution is 2.18. The van der Waals surface area contributed by atoms with Crippen LogP contribution in [-0.2, 0) is 11.2 Å². The predicted molar refractivity (Wildman–Crippen MR) is 67.8 cm³/mol. The van der Waals surface area contributed by atoms with Crippen molar-refractivity contribution in [1.29, 1.82) is 0 Å². The quantitative estimate of drug-likeness (QED) is 0.825. The maximum absolute atomic E-state index is 13.5. The molecular formula is C15H14FNO. The van der Waals surface area contributed by atoms with Gasteiger partial charge in [0.15, 0.2) is 0 Å². The zero-order valence-corrected chi connectivity index (χ0v) is 10.1. The number of halogens is 1. The lowest BCUT2D eigenvalue weighted by Gasteiger charge is -2.10. The summed E-state index contributed by atoms with van der Waals surface area (Å²) in [5.41, 5.74) is 1.36. The Morgan fingerprint density at radius 1 is 1.22 bits per heavy atom. The van der Waals surface area contributed by atoms with Crippen molar-refractivity contribution in [2.45, 2.75) is 19.3 Å². The molecule has 92 valence electrons. The Kier molecular flexibility index (Phi) is 3.82. The number of rotatable bonds is 4. The first-order valence-electron chi connectivity index (χ1n) is 5.84. The minimum Gasteiger partial charge on any atom is -0.299 e. The van der Waals surface area contributed by atoms with Gasteiger partial charge >= 0.3 is 0 Å². The number of hydrogen-bond acceptors (Lipinski definition) is 2. The van der Waals surface area contributed by atoms with Crippen LogP contribution in [0.2, 0.25) is 0 Å². The Hall–Kier alpha value is -2.03. The van der Waals surface area contributed by atoms with Crippen molar-refractivity contribution >= 4 is 5.78 Å². The van der Waals surface area contributed by atoms with Crippen LogP contribution >= 0.6 is 0 Å². The summed E-state index contributed by atoms with van der Waals surface area (Å²) in [7, 11) is 0. The maximum Gasteiger partial charge on any atom is 0.144 e. The van der Waals surface area contributed by atoms with E-state index >= 15 is 0 Å². The highest BCUT2D eigenvalue weighted by Gasteiger charge is 2.16. The molecule has 0 fully saturated rings. The molecule has 0 N–H and O–H groups in total. The molecule has 1 unspecified atom stereocenters. The van der Waals surface area contributed by atoms with E-state index in [4.69, 9.17) is 0 Å². The fourth-order valence-electron chi connectivity index (χ4n) is 1.82. The van der Waals surface area contributed by atoms with Crippen LogP contribution in [0.3, 0.4) is 0 Å². The van der Waals surface area contributed by atoms with Gasteiger partial charge < -0.3 is 0 Å². The Bertz CT molecular complexity index is 539. The first kappa shape index (κ1) is 12.4. The summed E-state index contributed by atoms with van der Waals surface area (Å²) in [6.45, 7) is 1.83. The normalized spacial score (nSPS) is 12.1. The van der Waals surface area contributed by atoms with Gasteiger partial charge in [-0.3, -0.25) is 9.78 Å². The number of carbonyl (C=O) groups excluding carboxylic acids is 1. The second-order valence-electron chi connectivity index (χ2n) is 4.24. The van der Waals surface area contributed by atoms with Gasteiger partial charge in [0, 0.05) is 24.7 Å². The first-order chi connectivity index (χ1) is 8.68. The van der Waals surface area contributed by atoms with E-state index in [-0.39, 0.29) is 23.9 Å². The molecule has 0 amide bonds. The van der Waals surface area contributed by atoms with Crippen molar-refractivity contribution in [2.24, 2.45) is 0 Å². The summed E-state index contributed by atoms with van der Waals surface area (Å²) in [5.74, 6) is -0.563. The Balaban J connectivity index is 2.12. The molecule has 0 bridgehead atoms. The SMILES string of the molecule is CC(C(=O)Cc1ccccc1F)c1ccncc1. The average Bonchev–Trinajstić information content (AvgIpc) is 2.41. The van der Waals surface area contributed by atoms with E-state index in [2.05, 4.69) is 4.98 Å². The van der Waals surface area contributed by atoms with Gasteiger partial charge in [-0.05, 0) is 29.3 Å². The van der Waals surface area contributed by atoms with Gasteiger partial charge in [-0.2, -0.15) is 0 Å². The molecule has 0 saturated carbocycles. The number of hydrogen-bond donors (Lipinski definition) is 0. The minimum absolute atomic E-state index is 0.00583. The smallest absolute Gasteiger partial charge is 0.144 e. The maximum atomic E-state index is 13.5. The molecule has 0 aliphatic heterocycles. The molecule has 18 heavy (non-hydrogen) atoms. The third-order valence-electron chi connectivity index (χ3n) is 3.01. The number of ketones is 1. The van der Waals surface area contributed by atoms with Crippen LogP contribution < -0.4 is 0 Å². The molecule has 1 aromatic carbocycles. The number of benzene rings is 1. The number of Topliss-reactive ketones (excluding diaryl/α,β-unsaturated/α-hetero) is 1. The van der Waals surface area contributed by atoms with E-state index in [0.29, 0.717) is 5.56 Å². The summed E-state index contributed by atoms with van der Waals surface area (Å²) in [5, 5.41) is 0. The van der Waals surface area contributed by atoms with Crippen LogP contribution in [0, 0.1) is 5.82 Å². The molecular weight excluding hydrogens is 229 g/mol. The zero-order valence-electron chi connectivity index (χ0n) is 10.1. The molecule has 2 nitrogen and oxygen atoms in total. The third-order valence-corrected chi connectivity index (χ3v) is 3.01. The lowest BCUT2D eigenvalue weighted by molar-refractivity contribution is -0.119.